The van der Waals surface area contributed by atoms with E-state index >= 15 is 0 Å². The number of likely N-dealkylation sites (tertiary alicyclic amines) is 1. The number of hydrogen-bond acceptors (Lipinski definition) is 2. The van der Waals surface area contributed by atoms with Gasteiger partial charge in [-0.2, -0.15) is 0 Å². The van der Waals surface area contributed by atoms with E-state index in [4.69, 9.17) is 0 Å². The summed E-state index contributed by atoms with van der Waals surface area (Å²) >= 11 is 0. The first-order chi connectivity index (χ1) is 8.74. The lowest BCUT2D eigenvalue weighted by atomic mass is 9.81. The molecule has 2 saturated heterocycles. The fraction of sp³-hybridized carbons (Fsp3) is 0.533. The molecule has 0 radical (unpaired) electrons. The third kappa shape index (κ3) is 2.15. The van der Waals surface area contributed by atoms with E-state index < -0.39 is 0 Å². The van der Waals surface area contributed by atoms with E-state index in [-0.39, 0.29) is 11.8 Å². The maximum Gasteiger partial charge on any atom is 0.223 e. The first-order valence-electron chi connectivity index (χ1n) is 6.78. The smallest absolute Gasteiger partial charge is 0.223 e. The Morgan fingerprint density at radius 2 is 2.06 bits per heavy atom. The van der Waals surface area contributed by atoms with Crippen molar-refractivity contribution in [2.75, 3.05) is 19.6 Å². The van der Waals surface area contributed by atoms with E-state index in [9.17, 15) is 4.79 Å². The average molecular weight is 244 g/mol. The van der Waals surface area contributed by atoms with Gasteiger partial charge in [-0.3, -0.25) is 9.69 Å². The monoisotopic (exact) mass is 244 g/mol. The summed E-state index contributed by atoms with van der Waals surface area (Å²) in [5.74, 6) is 1.59. The summed E-state index contributed by atoms with van der Waals surface area (Å²) in [6, 6.07) is 10.6. The summed E-state index contributed by atoms with van der Waals surface area (Å²) in [6.45, 7) is 6.12. The number of fused-ring (bicyclic) bond motifs is 1. The molecule has 0 bridgehead atoms. The van der Waals surface area contributed by atoms with Crippen molar-refractivity contribution in [3.63, 3.8) is 0 Å². The van der Waals surface area contributed by atoms with Gasteiger partial charge in [-0.15, -0.1) is 0 Å². The minimum absolute atomic E-state index is 0.171. The number of hydrogen-bond donors (Lipinski definition) is 1. The number of nitrogens with zero attached hydrogens (tertiary/aromatic N) is 1. The molecule has 2 fully saturated rings. The highest BCUT2D eigenvalue weighted by Gasteiger charge is 2.41. The Morgan fingerprint density at radius 1 is 1.28 bits per heavy atom. The van der Waals surface area contributed by atoms with Gasteiger partial charge in [-0.05, 0) is 17.4 Å². The van der Waals surface area contributed by atoms with Crippen molar-refractivity contribution in [1.82, 2.24) is 10.2 Å². The van der Waals surface area contributed by atoms with Crippen LogP contribution in [-0.2, 0) is 11.3 Å². The van der Waals surface area contributed by atoms with Gasteiger partial charge in [0.25, 0.3) is 0 Å². The van der Waals surface area contributed by atoms with E-state index in [0.717, 1.165) is 26.2 Å². The minimum atomic E-state index is 0.171. The summed E-state index contributed by atoms with van der Waals surface area (Å²) in [5.41, 5.74) is 1.36. The molecule has 0 spiro atoms. The second-order valence-corrected chi connectivity index (χ2v) is 5.64. The van der Waals surface area contributed by atoms with Crippen LogP contribution in [0, 0.1) is 17.8 Å². The highest BCUT2D eigenvalue weighted by molar-refractivity contribution is 5.79. The molecular formula is C15H20N2O. The van der Waals surface area contributed by atoms with Gasteiger partial charge >= 0.3 is 0 Å². The molecule has 2 aliphatic rings. The van der Waals surface area contributed by atoms with Crippen LogP contribution in [0.25, 0.3) is 0 Å². The Labute approximate surface area is 108 Å². The number of carbonyl (C=O) groups excluding carboxylic acids is 1. The lowest BCUT2D eigenvalue weighted by Gasteiger charge is -2.30. The third-order valence-corrected chi connectivity index (χ3v) is 4.41. The minimum Gasteiger partial charge on any atom is -0.356 e. The summed E-state index contributed by atoms with van der Waals surface area (Å²) in [7, 11) is 0. The molecule has 96 valence electrons. The Bertz CT molecular complexity index is 431. The Balaban J connectivity index is 1.66. The zero-order valence-electron chi connectivity index (χ0n) is 10.8. The van der Waals surface area contributed by atoms with E-state index in [0.29, 0.717) is 11.8 Å². The molecule has 0 saturated carbocycles. The normalized spacial score (nSPS) is 32.1. The van der Waals surface area contributed by atoms with Crippen LogP contribution in [0.4, 0.5) is 0 Å². The van der Waals surface area contributed by atoms with E-state index in [1.165, 1.54) is 5.56 Å². The van der Waals surface area contributed by atoms with Crippen molar-refractivity contribution in [3.05, 3.63) is 35.9 Å². The fourth-order valence-electron chi connectivity index (χ4n) is 3.33. The zero-order valence-corrected chi connectivity index (χ0v) is 10.8. The molecule has 1 amide bonds. The summed E-state index contributed by atoms with van der Waals surface area (Å²) in [5, 5.41) is 3.02. The van der Waals surface area contributed by atoms with Crippen LogP contribution in [-0.4, -0.2) is 30.4 Å². The molecule has 2 aliphatic heterocycles. The number of piperidine rings is 1. The van der Waals surface area contributed by atoms with E-state index in [1.54, 1.807) is 0 Å². The number of nitrogens with one attached hydrogen (secondary N) is 1. The molecule has 3 unspecified atom stereocenters. The highest BCUT2D eigenvalue weighted by atomic mass is 16.1. The van der Waals surface area contributed by atoms with E-state index in [1.807, 2.05) is 0 Å². The molecule has 2 heterocycles. The van der Waals surface area contributed by atoms with Gasteiger partial charge in [-0.25, -0.2) is 0 Å². The van der Waals surface area contributed by atoms with Crippen LogP contribution >= 0.6 is 0 Å². The van der Waals surface area contributed by atoms with Crippen molar-refractivity contribution in [3.8, 4) is 0 Å². The van der Waals surface area contributed by atoms with Gasteiger partial charge < -0.3 is 5.32 Å². The van der Waals surface area contributed by atoms with Crippen molar-refractivity contribution in [2.45, 2.75) is 13.5 Å². The van der Waals surface area contributed by atoms with Crippen LogP contribution in [0.5, 0.6) is 0 Å². The van der Waals surface area contributed by atoms with Crippen LogP contribution in [0.15, 0.2) is 30.3 Å². The summed E-state index contributed by atoms with van der Waals surface area (Å²) in [6.07, 6.45) is 0. The molecule has 3 heteroatoms. The third-order valence-electron chi connectivity index (χ3n) is 4.41. The number of amides is 1. The van der Waals surface area contributed by atoms with Crippen molar-refractivity contribution in [2.24, 2.45) is 17.8 Å². The van der Waals surface area contributed by atoms with Crippen molar-refractivity contribution < 1.29 is 4.79 Å². The van der Waals surface area contributed by atoms with Gasteiger partial charge in [0, 0.05) is 32.1 Å². The maximum absolute atomic E-state index is 11.7. The molecule has 3 nitrogen and oxygen atoms in total. The standard InChI is InChI=1S/C15H20N2O/c1-11-14-10-17(8-12-5-3-2-4-6-12)9-13(14)7-16-15(11)18/h2-6,11,13-14H,7-10H2,1H3,(H,16,18). The maximum atomic E-state index is 11.7. The van der Waals surface area contributed by atoms with Crippen molar-refractivity contribution >= 4 is 5.91 Å². The number of carbonyl (C=O) groups is 1. The summed E-state index contributed by atoms with van der Waals surface area (Å²) in [4.78, 5) is 14.2. The second-order valence-electron chi connectivity index (χ2n) is 5.64. The molecule has 0 aliphatic carbocycles. The lowest BCUT2D eigenvalue weighted by molar-refractivity contribution is -0.128. The van der Waals surface area contributed by atoms with Gasteiger partial charge in [0.2, 0.25) is 5.91 Å². The van der Waals surface area contributed by atoms with Crippen LogP contribution in [0.2, 0.25) is 0 Å². The molecule has 3 atom stereocenters. The van der Waals surface area contributed by atoms with Gasteiger partial charge in [0.15, 0.2) is 0 Å². The average Bonchev–Trinajstić information content (AvgIpc) is 2.79. The number of benzene rings is 1. The van der Waals surface area contributed by atoms with Crippen LogP contribution in [0.3, 0.4) is 0 Å². The molecular weight excluding hydrogens is 224 g/mol. The van der Waals surface area contributed by atoms with Gasteiger partial charge in [-0.1, -0.05) is 37.3 Å². The Kier molecular flexibility index (Phi) is 3.08. The number of rotatable bonds is 2. The highest BCUT2D eigenvalue weighted by Crippen LogP contribution is 2.33. The molecule has 1 N–H and O–H groups in total. The zero-order chi connectivity index (χ0) is 12.5. The molecule has 18 heavy (non-hydrogen) atoms. The Hall–Kier alpha value is -1.35. The quantitative estimate of drug-likeness (QED) is 0.855. The predicted octanol–water partition coefficient (Wildman–Crippen LogP) is 1.50. The fourth-order valence-corrected chi connectivity index (χ4v) is 3.33. The topological polar surface area (TPSA) is 32.3 Å². The SMILES string of the molecule is CC1C(=O)NCC2CN(Cc3ccccc3)CC21. The largest absolute Gasteiger partial charge is 0.356 e. The first kappa shape index (κ1) is 11.7. The van der Waals surface area contributed by atoms with Gasteiger partial charge in [0.1, 0.15) is 0 Å². The van der Waals surface area contributed by atoms with Crippen LogP contribution in [0.1, 0.15) is 12.5 Å². The van der Waals surface area contributed by atoms with E-state index in [2.05, 4.69) is 47.5 Å². The Morgan fingerprint density at radius 3 is 2.83 bits per heavy atom. The second kappa shape index (κ2) is 4.73. The molecule has 1 aromatic rings. The van der Waals surface area contributed by atoms with Gasteiger partial charge in [0.05, 0.1) is 0 Å². The first-order valence-corrected chi connectivity index (χ1v) is 6.78. The summed E-state index contributed by atoms with van der Waals surface area (Å²) < 4.78 is 0. The molecule has 3 rings (SSSR count). The van der Waals surface area contributed by atoms with Crippen LogP contribution < -0.4 is 5.32 Å². The molecule has 0 aromatic heterocycles. The predicted molar refractivity (Wildman–Crippen MR) is 70.9 cm³/mol. The lowest BCUT2D eigenvalue weighted by Crippen LogP contribution is -2.46. The van der Waals surface area contributed by atoms with Crippen molar-refractivity contribution in [1.29, 1.82) is 0 Å². The molecule has 1 aromatic carbocycles.